The summed E-state index contributed by atoms with van der Waals surface area (Å²) in [7, 11) is 3.43. The number of aryl methyl sites for hydroxylation is 8. The average Bonchev–Trinajstić information content (AvgIpc) is 2.98. The van der Waals surface area contributed by atoms with Crippen LogP contribution in [0.15, 0.2) is 78.9 Å². The van der Waals surface area contributed by atoms with Crippen molar-refractivity contribution < 1.29 is 9.47 Å². The number of hydrogen-bond acceptors (Lipinski definition) is 3. The van der Waals surface area contributed by atoms with Gasteiger partial charge < -0.3 is 0 Å². The zero-order chi connectivity index (χ0) is 32.6. The molecule has 5 aromatic rings. The van der Waals surface area contributed by atoms with Gasteiger partial charge in [-0.15, -0.1) is 0 Å². The minimum absolute atomic E-state index is 0.843. The zero-order valence-corrected chi connectivity index (χ0v) is 30.6. The first-order chi connectivity index (χ1) is 21.4. The zero-order valence-electron chi connectivity index (χ0n) is 28.7. The Labute approximate surface area is 275 Å². The molecule has 0 atom stereocenters. The molecule has 0 aliphatic carbocycles. The number of rotatable bonds is 8. The van der Waals surface area contributed by atoms with Crippen molar-refractivity contribution in [3.8, 4) is 11.5 Å². The molecule has 45 heavy (non-hydrogen) atoms. The molecule has 0 bridgehead atoms. The molecule has 0 aliphatic heterocycles. The summed E-state index contributed by atoms with van der Waals surface area (Å²) in [6.45, 7) is 20.6. The predicted molar refractivity (Wildman–Crippen MR) is 194 cm³/mol. The molecule has 232 valence electrons. The molecule has 5 rings (SSSR count). The van der Waals surface area contributed by atoms with Gasteiger partial charge in [-0.3, -0.25) is 0 Å². The van der Waals surface area contributed by atoms with Crippen LogP contribution in [0.4, 0.5) is 17.1 Å². The van der Waals surface area contributed by atoms with Crippen LogP contribution in [-0.2, 0) is 0 Å². The third-order valence-electron chi connectivity index (χ3n) is 8.72. The Balaban J connectivity index is 1.87. The van der Waals surface area contributed by atoms with Gasteiger partial charge in [0.1, 0.15) is 0 Å². The van der Waals surface area contributed by atoms with Crippen LogP contribution in [-0.4, -0.2) is 28.9 Å². The van der Waals surface area contributed by atoms with Crippen molar-refractivity contribution in [1.29, 1.82) is 0 Å². The van der Waals surface area contributed by atoms with Crippen molar-refractivity contribution in [3.63, 3.8) is 0 Å². The molecular formula is C41H46AsNO2. The van der Waals surface area contributed by atoms with E-state index in [1.54, 1.807) is 22.9 Å². The molecule has 0 amide bonds. The third kappa shape index (κ3) is 6.29. The number of methoxy groups -OCH3 is 2. The van der Waals surface area contributed by atoms with E-state index in [0.717, 1.165) is 22.9 Å². The Hall–Kier alpha value is -3.94. The van der Waals surface area contributed by atoms with Crippen LogP contribution in [0.25, 0.3) is 0 Å². The maximum absolute atomic E-state index is 5.53. The fraction of sp³-hybridized carbons (Fsp3) is 0.268. The van der Waals surface area contributed by atoms with Crippen LogP contribution in [0.3, 0.4) is 0 Å². The normalized spacial score (nSPS) is 11.2. The van der Waals surface area contributed by atoms with Gasteiger partial charge in [0.15, 0.2) is 0 Å². The van der Waals surface area contributed by atoms with E-state index in [1.165, 1.54) is 60.1 Å². The van der Waals surface area contributed by atoms with E-state index in [1.807, 2.05) is 24.3 Å². The van der Waals surface area contributed by atoms with E-state index in [2.05, 4.69) is 122 Å². The van der Waals surface area contributed by atoms with Crippen molar-refractivity contribution >= 4 is 44.8 Å². The van der Waals surface area contributed by atoms with Crippen LogP contribution >= 0.6 is 0 Å². The van der Waals surface area contributed by atoms with Gasteiger partial charge in [0.25, 0.3) is 0 Å². The van der Waals surface area contributed by atoms with E-state index in [9.17, 15) is 0 Å². The molecule has 0 spiro atoms. The van der Waals surface area contributed by atoms with E-state index in [-0.39, 0.29) is 0 Å². The second-order valence-electron chi connectivity index (χ2n) is 12.4. The van der Waals surface area contributed by atoms with Crippen LogP contribution < -0.4 is 27.4 Å². The van der Waals surface area contributed by atoms with Crippen molar-refractivity contribution in [2.75, 3.05) is 19.1 Å². The minimum atomic E-state index is -2.06. The first-order valence-corrected chi connectivity index (χ1v) is 18.4. The molecule has 0 N–H and O–H groups in total. The Morgan fingerprint density at radius 2 is 0.800 bits per heavy atom. The van der Waals surface area contributed by atoms with E-state index < -0.39 is 14.7 Å². The van der Waals surface area contributed by atoms with Gasteiger partial charge in [-0.1, -0.05) is 0 Å². The summed E-state index contributed by atoms with van der Waals surface area (Å²) in [4.78, 5) is 2.41. The first-order valence-electron chi connectivity index (χ1n) is 15.6. The quantitative estimate of drug-likeness (QED) is 0.156. The summed E-state index contributed by atoms with van der Waals surface area (Å²) in [6, 6.07) is 28.7. The maximum atomic E-state index is 5.53. The molecule has 0 fully saturated rings. The van der Waals surface area contributed by atoms with Crippen molar-refractivity contribution in [2.45, 2.75) is 62.3 Å². The summed E-state index contributed by atoms with van der Waals surface area (Å²) in [5.41, 5.74) is 15.6. The number of anilines is 3. The van der Waals surface area contributed by atoms with Crippen LogP contribution in [0, 0.1) is 62.3 Å². The molecule has 0 heterocycles. The van der Waals surface area contributed by atoms with Crippen molar-refractivity contribution in [1.82, 2.24) is 0 Å². The number of ether oxygens (including phenoxy) is 2. The van der Waals surface area contributed by atoms with Gasteiger partial charge in [0.05, 0.1) is 0 Å². The molecule has 0 aromatic heterocycles. The molecule has 5 aromatic carbocycles. The van der Waals surface area contributed by atoms with Gasteiger partial charge in [0, 0.05) is 0 Å². The van der Waals surface area contributed by atoms with E-state index in [0.29, 0.717) is 0 Å². The summed E-state index contributed by atoms with van der Waals surface area (Å²) in [5.74, 6) is 1.69. The second kappa shape index (κ2) is 13.2. The average molecular weight is 660 g/mol. The Morgan fingerprint density at radius 1 is 0.444 bits per heavy atom. The third-order valence-corrected chi connectivity index (χ3v) is 15.9. The molecular weight excluding hydrogens is 613 g/mol. The second-order valence-corrected chi connectivity index (χ2v) is 16.6. The topological polar surface area (TPSA) is 21.7 Å². The molecule has 0 saturated carbocycles. The summed E-state index contributed by atoms with van der Waals surface area (Å²) in [5, 5.41) is 0. The summed E-state index contributed by atoms with van der Waals surface area (Å²) >= 11 is -2.06. The van der Waals surface area contributed by atoms with Crippen molar-refractivity contribution in [2.24, 2.45) is 0 Å². The number of nitrogens with zero attached hydrogens (tertiary/aromatic N) is 1. The van der Waals surface area contributed by atoms with E-state index in [4.69, 9.17) is 9.47 Å². The Morgan fingerprint density at radius 3 is 1.16 bits per heavy atom. The Bertz CT molecular complexity index is 1700. The van der Waals surface area contributed by atoms with E-state index >= 15 is 0 Å². The van der Waals surface area contributed by atoms with Crippen LogP contribution in [0.1, 0.15) is 50.1 Å². The molecule has 0 saturated heterocycles. The molecule has 3 nitrogen and oxygen atoms in total. The van der Waals surface area contributed by atoms with Crippen LogP contribution in [0.5, 0.6) is 11.5 Å². The fourth-order valence-electron chi connectivity index (χ4n) is 7.11. The van der Waals surface area contributed by atoms with Crippen molar-refractivity contribution in [3.05, 3.63) is 129 Å². The monoisotopic (exact) mass is 659 g/mol. The Kier molecular flexibility index (Phi) is 9.51. The molecule has 0 aliphatic rings. The van der Waals surface area contributed by atoms with Crippen LogP contribution in [0.2, 0.25) is 0 Å². The molecule has 0 radical (unpaired) electrons. The standard InChI is InChI=1S/C41H46AsNO2/c1-25-20-27(3)38(28(4)21-25)42(39-29(5)22-26(2)23-30(39)6)40-31(7)24-32(8)41(33(40)9)43(34-12-16-36(44-10)17-13-34)35-14-18-37(45-11)19-15-35/h12-24H,1-11H3. The summed E-state index contributed by atoms with van der Waals surface area (Å²) in [6.07, 6.45) is 0. The van der Waals surface area contributed by atoms with Gasteiger partial charge in [0.2, 0.25) is 0 Å². The predicted octanol–water partition coefficient (Wildman–Crippen LogP) is 8.47. The molecule has 4 heteroatoms. The number of hydrogen-bond donors (Lipinski definition) is 0. The number of benzene rings is 5. The van der Waals surface area contributed by atoms with Gasteiger partial charge >= 0.3 is 276 Å². The SMILES string of the molecule is COc1ccc(N(c2ccc(OC)cc2)c2c(C)cc(C)c([As](c3c(C)cc(C)cc3C)c3c(C)cc(C)cc3C)c2C)cc1. The fourth-order valence-corrected chi connectivity index (χ4v) is 13.8. The summed E-state index contributed by atoms with van der Waals surface area (Å²) < 4.78 is 15.7. The van der Waals surface area contributed by atoms with Gasteiger partial charge in [-0.05, 0) is 0 Å². The van der Waals surface area contributed by atoms with Gasteiger partial charge in [-0.2, -0.15) is 0 Å². The first kappa shape index (κ1) is 32.5. The van der Waals surface area contributed by atoms with Gasteiger partial charge in [-0.25, -0.2) is 0 Å². The molecule has 0 unspecified atom stereocenters.